The van der Waals surface area contributed by atoms with Gasteiger partial charge in [-0.25, -0.2) is 0 Å². The molecule has 1 aromatic heterocycles. The molecule has 0 radical (unpaired) electrons. The van der Waals surface area contributed by atoms with Crippen LogP contribution in [0.3, 0.4) is 0 Å². The van der Waals surface area contributed by atoms with E-state index in [1.165, 1.54) is 0 Å². The van der Waals surface area contributed by atoms with Gasteiger partial charge in [-0.15, -0.1) is 0 Å². The molecule has 0 fully saturated rings. The minimum absolute atomic E-state index is 0.0404. The van der Waals surface area contributed by atoms with E-state index in [1.807, 2.05) is 43.3 Å². The van der Waals surface area contributed by atoms with E-state index in [1.54, 1.807) is 12.4 Å². The van der Waals surface area contributed by atoms with Crippen molar-refractivity contribution in [3.05, 3.63) is 58.8 Å². The highest BCUT2D eigenvalue weighted by Gasteiger charge is 2.09. The fraction of sp³-hybridized carbons (Fsp3) is 0.250. The third-order valence-electron chi connectivity index (χ3n) is 2.96. The zero-order valence-electron chi connectivity index (χ0n) is 11.8. The largest absolute Gasteiger partial charge is 0.493 e. The number of benzene rings is 1. The van der Waals surface area contributed by atoms with Crippen LogP contribution in [-0.4, -0.2) is 17.5 Å². The van der Waals surface area contributed by atoms with Crippen LogP contribution in [0.25, 0.3) is 0 Å². The maximum atomic E-state index is 11.9. The molecule has 5 heteroatoms. The van der Waals surface area contributed by atoms with Gasteiger partial charge in [-0.2, -0.15) is 0 Å². The topological polar surface area (TPSA) is 51.2 Å². The molecule has 0 spiro atoms. The van der Waals surface area contributed by atoms with Gasteiger partial charge in [0.05, 0.1) is 19.1 Å². The van der Waals surface area contributed by atoms with Crippen LogP contribution in [0.15, 0.2) is 53.3 Å². The van der Waals surface area contributed by atoms with Crippen molar-refractivity contribution in [3.63, 3.8) is 0 Å². The number of nitrogens with zero attached hydrogens (tertiary/aromatic N) is 1. The second kappa shape index (κ2) is 7.78. The average Bonchev–Trinajstić information content (AvgIpc) is 2.48. The summed E-state index contributed by atoms with van der Waals surface area (Å²) in [6.45, 7) is 2.28. The highest BCUT2D eigenvalue weighted by atomic mass is 79.9. The van der Waals surface area contributed by atoms with Crippen molar-refractivity contribution in [3.8, 4) is 5.75 Å². The molecule has 4 nitrogen and oxygen atoms in total. The van der Waals surface area contributed by atoms with Gasteiger partial charge in [0.2, 0.25) is 5.91 Å². The van der Waals surface area contributed by atoms with Crippen LogP contribution in [-0.2, 0) is 4.79 Å². The maximum absolute atomic E-state index is 11.9. The second-order valence-electron chi connectivity index (χ2n) is 4.63. The summed E-state index contributed by atoms with van der Waals surface area (Å²) >= 11 is 3.38. The molecular weight excluding hydrogens is 332 g/mol. The number of nitrogens with one attached hydrogen (secondary N) is 1. The Balaban J connectivity index is 1.75. The van der Waals surface area contributed by atoms with Crippen molar-refractivity contribution in [1.82, 2.24) is 10.3 Å². The van der Waals surface area contributed by atoms with E-state index < -0.39 is 0 Å². The molecule has 2 aromatic rings. The lowest BCUT2D eigenvalue weighted by Crippen LogP contribution is -2.27. The average molecular weight is 349 g/mol. The molecule has 1 aromatic carbocycles. The summed E-state index contributed by atoms with van der Waals surface area (Å²) < 4.78 is 6.49. The lowest BCUT2D eigenvalue weighted by molar-refractivity contribution is -0.122. The van der Waals surface area contributed by atoms with Crippen molar-refractivity contribution < 1.29 is 9.53 Å². The summed E-state index contributed by atoms with van der Waals surface area (Å²) in [6.07, 6.45) is 3.78. The maximum Gasteiger partial charge on any atom is 0.223 e. The molecule has 0 saturated heterocycles. The number of carbonyl (C=O) groups is 1. The first-order valence-corrected chi connectivity index (χ1v) is 7.52. The number of rotatable bonds is 6. The lowest BCUT2D eigenvalue weighted by Gasteiger charge is -2.14. The number of hydrogen-bond donors (Lipinski definition) is 1. The van der Waals surface area contributed by atoms with Gasteiger partial charge in [0, 0.05) is 16.9 Å². The van der Waals surface area contributed by atoms with Gasteiger partial charge in [0.25, 0.3) is 0 Å². The Kier molecular flexibility index (Phi) is 5.75. The van der Waals surface area contributed by atoms with Gasteiger partial charge in [-0.05, 0) is 36.8 Å². The van der Waals surface area contributed by atoms with Gasteiger partial charge < -0.3 is 10.1 Å². The van der Waals surface area contributed by atoms with Crippen LogP contribution in [0.2, 0.25) is 0 Å². The molecule has 110 valence electrons. The van der Waals surface area contributed by atoms with Crippen LogP contribution in [0, 0.1) is 0 Å². The van der Waals surface area contributed by atoms with Crippen molar-refractivity contribution in [2.45, 2.75) is 19.4 Å². The van der Waals surface area contributed by atoms with E-state index in [-0.39, 0.29) is 11.9 Å². The molecule has 1 amide bonds. The van der Waals surface area contributed by atoms with E-state index in [4.69, 9.17) is 4.74 Å². The number of carbonyl (C=O) groups excluding carboxylic acids is 1. The third-order valence-corrected chi connectivity index (χ3v) is 3.45. The summed E-state index contributed by atoms with van der Waals surface area (Å²) in [5, 5.41) is 2.93. The predicted octanol–water partition coefficient (Wildman–Crippen LogP) is 3.49. The zero-order chi connectivity index (χ0) is 15.1. The first kappa shape index (κ1) is 15.5. The van der Waals surface area contributed by atoms with Gasteiger partial charge >= 0.3 is 0 Å². The number of amides is 1. The van der Waals surface area contributed by atoms with E-state index >= 15 is 0 Å². The fourth-order valence-electron chi connectivity index (χ4n) is 1.85. The molecule has 1 heterocycles. The minimum atomic E-state index is -0.0583. The van der Waals surface area contributed by atoms with Crippen LogP contribution < -0.4 is 10.1 Å². The monoisotopic (exact) mass is 348 g/mol. The summed E-state index contributed by atoms with van der Waals surface area (Å²) in [5.74, 6) is 0.707. The summed E-state index contributed by atoms with van der Waals surface area (Å²) in [4.78, 5) is 15.9. The van der Waals surface area contributed by atoms with Gasteiger partial charge in [0.15, 0.2) is 0 Å². The SMILES string of the molecule is CC(NC(=O)CCOc1cccc(Br)c1)c1cccnc1. The molecule has 0 bridgehead atoms. The van der Waals surface area contributed by atoms with E-state index in [2.05, 4.69) is 26.2 Å². The third kappa shape index (κ3) is 5.19. The first-order valence-electron chi connectivity index (χ1n) is 6.73. The summed E-state index contributed by atoms with van der Waals surface area (Å²) in [5.41, 5.74) is 0.985. The molecule has 1 N–H and O–H groups in total. The van der Waals surface area contributed by atoms with Crippen LogP contribution in [0.5, 0.6) is 5.75 Å². The van der Waals surface area contributed by atoms with Crippen molar-refractivity contribution in [2.24, 2.45) is 0 Å². The summed E-state index contributed by atoms with van der Waals surface area (Å²) in [7, 11) is 0. The van der Waals surface area contributed by atoms with E-state index in [0.29, 0.717) is 13.0 Å². The van der Waals surface area contributed by atoms with Gasteiger partial charge in [-0.1, -0.05) is 28.1 Å². The Hall–Kier alpha value is -1.88. The van der Waals surface area contributed by atoms with Crippen LogP contribution in [0.1, 0.15) is 24.9 Å². The summed E-state index contributed by atoms with van der Waals surface area (Å²) in [6, 6.07) is 11.3. The lowest BCUT2D eigenvalue weighted by atomic mass is 10.1. The number of ether oxygens (including phenoxy) is 1. The number of aromatic nitrogens is 1. The van der Waals surface area contributed by atoms with Crippen molar-refractivity contribution in [2.75, 3.05) is 6.61 Å². The Morgan fingerprint density at radius 3 is 2.95 bits per heavy atom. The van der Waals surface area contributed by atoms with Gasteiger partial charge in [0.1, 0.15) is 5.75 Å². The molecule has 1 unspecified atom stereocenters. The van der Waals surface area contributed by atoms with Gasteiger partial charge in [-0.3, -0.25) is 9.78 Å². The Morgan fingerprint density at radius 1 is 1.38 bits per heavy atom. The smallest absolute Gasteiger partial charge is 0.223 e. The molecule has 0 saturated carbocycles. The standard InChI is InChI=1S/C16H17BrN2O2/c1-12(13-4-3-8-18-11-13)19-16(20)7-9-21-15-6-2-5-14(17)10-15/h2-6,8,10-12H,7,9H2,1H3,(H,19,20). The molecule has 0 aliphatic rings. The molecular formula is C16H17BrN2O2. The molecule has 1 atom stereocenters. The van der Waals surface area contributed by atoms with Crippen LogP contribution in [0.4, 0.5) is 0 Å². The van der Waals surface area contributed by atoms with Crippen molar-refractivity contribution in [1.29, 1.82) is 0 Å². The molecule has 21 heavy (non-hydrogen) atoms. The number of halogens is 1. The number of pyridine rings is 1. The zero-order valence-corrected chi connectivity index (χ0v) is 13.3. The van der Waals surface area contributed by atoms with E-state index in [9.17, 15) is 4.79 Å². The highest BCUT2D eigenvalue weighted by molar-refractivity contribution is 9.10. The quantitative estimate of drug-likeness (QED) is 0.869. The van der Waals surface area contributed by atoms with E-state index in [0.717, 1.165) is 15.8 Å². The minimum Gasteiger partial charge on any atom is -0.493 e. The Morgan fingerprint density at radius 2 is 2.24 bits per heavy atom. The highest BCUT2D eigenvalue weighted by Crippen LogP contribution is 2.17. The normalized spacial score (nSPS) is 11.7. The molecule has 2 rings (SSSR count). The molecule has 0 aliphatic heterocycles. The Bertz CT molecular complexity index is 590. The first-order chi connectivity index (χ1) is 10.1. The van der Waals surface area contributed by atoms with Crippen molar-refractivity contribution >= 4 is 21.8 Å². The Labute approximate surface area is 132 Å². The second-order valence-corrected chi connectivity index (χ2v) is 5.55. The number of hydrogen-bond acceptors (Lipinski definition) is 3. The van der Waals surface area contributed by atoms with Crippen LogP contribution >= 0.6 is 15.9 Å². The molecule has 0 aliphatic carbocycles. The fourth-order valence-corrected chi connectivity index (χ4v) is 2.23. The predicted molar refractivity (Wildman–Crippen MR) is 85.0 cm³/mol.